The van der Waals surface area contributed by atoms with E-state index in [1.807, 2.05) is 23.6 Å². The average molecular weight is 1100 g/mol. The van der Waals surface area contributed by atoms with E-state index in [4.69, 9.17) is 42.6 Å². The number of aromatic amines is 1. The van der Waals surface area contributed by atoms with Gasteiger partial charge in [-0.15, -0.1) is 0 Å². The quantitative estimate of drug-likeness (QED) is 0.0554. The predicted octanol–water partition coefficient (Wildman–Crippen LogP) is 2.60. The number of cyclic esters (lactones) is 1. The summed E-state index contributed by atoms with van der Waals surface area (Å²) in [6, 6.07) is -1.99. The summed E-state index contributed by atoms with van der Waals surface area (Å²) in [5.41, 5.74) is 3.41. The summed E-state index contributed by atoms with van der Waals surface area (Å²) in [5.74, 6) is -4.76. The van der Waals surface area contributed by atoms with Gasteiger partial charge in [0.05, 0.1) is 66.5 Å². The number of ether oxygens (including phenoxy) is 9. The third-order valence-corrected chi connectivity index (χ3v) is 16.3. The van der Waals surface area contributed by atoms with Crippen LogP contribution in [-0.2, 0) is 57.0 Å². The number of methoxy groups -OCH3 is 1. The molecule has 0 radical (unpaired) electrons. The number of aliphatic hydroxyl groups excluding tert-OH is 2. The minimum absolute atomic E-state index is 0.0342. The predicted molar refractivity (Wildman–Crippen MR) is 276 cm³/mol. The molecule has 4 aliphatic rings. The molecule has 5 N–H and O–H groups in total. The molecular weight excluding hydrogens is 1010 g/mol. The van der Waals surface area contributed by atoms with E-state index >= 15 is 0 Å². The molecule has 1 aromatic rings. The Morgan fingerprint density at radius 1 is 0.948 bits per heavy atom. The van der Waals surface area contributed by atoms with Crippen LogP contribution in [-0.4, -0.2) is 202 Å². The van der Waals surface area contributed by atoms with Gasteiger partial charge < -0.3 is 72.9 Å². The van der Waals surface area contributed by atoms with Crippen LogP contribution in [0, 0.1) is 24.7 Å². The van der Waals surface area contributed by atoms with Gasteiger partial charge in [0.1, 0.15) is 42.9 Å². The van der Waals surface area contributed by atoms with Crippen LogP contribution in [0.25, 0.3) is 10.4 Å². The maximum Gasteiger partial charge on any atom is 0.330 e. The molecule has 1 aromatic heterocycles. The molecule has 0 amide bonds. The van der Waals surface area contributed by atoms with Gasteiger partial charge in [0, 0.05) is 55.1 Å². The van der Waals surface area contributed by atoms with Gasteiger partial charge in [-0.2, -0.15) is 0 Å². The SMILES string of the molecule is CC[C@H]1OC(=O)[C@H](C)[C@@H](O[C@H]2C[C@@](C)(OC)[C@@H](O)[C@H](C)O2)[C@H](C)[C@@H](O[C@@H]2O[C@H](C)CC(N(C)C)[C@H]2OC(=O)CCC(=O)OC[C@@H]2O[C@H](n3cc(C)c(=O)[nH]c3=O)CC2N=[N+]=[N-])[C@](C)(O)C[C@@H](C)CN(C)[C@H](C)[C@@H](O)[C@]1(C)O. The molecule has 5 heterocycles. The molecule has 25 heteroatoms. The summed E-state index contributed by atoms with van der Waals surface area (Å²) >= 11 is 0. The van der Waals surface area contributed by atoms with Crippen molar-refractivity contribution in [3.05, 3.63) is 43.0 Å². The van der Waals surface area contributed by atoms with E-state index in [-0.39, 0.29) is 43.8 Å². The number of H-pyrrole nitrogens is 1. The van der Waals surface area contributed by atoms with Crippen molar-refractivity contribution in [3.8, 4) is 0 Å². The molecule has 4 aliphatic heterocycles. The van der Waals surface area contributed by atoms with Gasteiger partial charge in [-0.25, -0.2) is 4.79 Å². The summed E-state index contributed by atoms with van der Waals surface area (Å²) in [4.78, 5) is 75.1. The summed E-state index contributed by atoms with van der Waals surface area (Å²) in [5, 5.41) is 51.5. The van der Waals surface area contributed by atoms with E-state index in [2.05, 4.69) is 15.0 Å². The Morgan fingerprint density at radius 3 is 2.23 bits per heavy atom. The number of hydrogen-bond acceptors (Lipinski definition) is 21. The molecule has 4 saturated heterocycles. The highest BCUT2D eigenvalue weighted by atomic mass is 16.7. The Bertz CT molecular complexity index is 2330. The lowest BCUT2D eigenvalue weighted by molar-refractivity contribution is -0.319. The molecule has 0 saturated carbocycles. The normalized spacial score (nSPS) is 40.9. The number of aromatic nitrogens is 2. The molecule has 4 fully saturated rings. The maximum atomic E-state index is 14.6. The van der Waals surface area contributed by atoms with Crippen molar-refractivity contribution in [3.63, 3.8) is 0 Å². The van der Waals surface area contributed by atoms with Crippen LogP contribution in [0.3, 0.4) is 0 Å². The number of hydrogen-bond donors (Lipinski definition) is 5. The number of aliphatic hydroxyl groups is 4. The number of rotatable bonds is 15. The monoisotopic (exact) mass is 1100 g/mol. The van der Waals surface area contributed by atoms with Crippen LogP contribution in [0.5, 0.6) is 0 Å². The van der Waals surface area contributed by atoms with E-state index in [1.165, 1.54) is 27.2 Å². The molecule has 5 rings (SSSR count). The zero-order chi connectivity index (χ0) is 57.6. The molecule has 438 valence electrons. The summed E-state index contributed by atoms with van der Waals surface area (Å²) in [7, 11) is 6.87. The maximum absolute atomic E-state index is 14.6. The summed E-state index contributed by atoms with van der Waals surface area (Å²) < 4.78 is 57.2. The van der Waals surface area contributed by atoms with Crippen molar-refractivity contribution >= 4 is 17.9 Å². The summed E-state index contributed by atoms with van der Waals surface area (Å²) in [6.07, 6.45) is -11.5. The fraction of sp³-hybridized carbons (Fsp3) is 0.865. The zero-order valence-electron chi connectivity index (χ0n) is 47.5. The van der Waals surface area contributed by atoms with Crippen molar-refractivity contribution in [2.24, 2.45) is 22.9 Å². The van der Waals surface area contributed by atoms with Gasteiger partial charge in [-0.05, 0) is 107 Å². The Morgan fingerprint density at radius 2 is 1.61 bits per heavy atom. The van der Waals surface area contributed by atoms with E-state index < -0.39 is 163 Å². The molecule has 0 bridgehead atoms. The Kier molecular flexibility index (Phi) is 21.9. The molecule has 2 unspecified atom stereocenters. The van der Waals surface area contributed by atoms with Crippen molar-refractivity contribution < 1.29 is 77.4 Å². The molecular formula is C52H87N7O18. The van der Waals surface area contributed by atoms with Crippen LogP contribution >= 0.6 is 0 Å². The first kappa shape index (κ1) is 63.7. The summed E-state index contributed by atoms with van der Waals surface area (Å²) in [6.45, 7) is 18.5. The number of likely N-dealkylation sites (N-methyl/N-ethyl adjacent to an activating group) is 2. The van der Waals surface area contributed by atoms with Crippen LogP contribution < -0.4 is 11.2 Å². The molecule has 21 atom stereocenters. The van der Waals surface area contributed by atoms with Gasteiger partial charge >= 0.3 is 23.6 Å². The van der Waals surface area contributed by atoms with Crippen LogP contribution in [0.2, 0.25) is 0 Å². The highest BCUT2D eigenvalue weighted by Crippen LogP contribution is 2.41. The smallest absolute Gasteiger partial charge is 0.330 e. The molecule has 0 aromatic carbocycles. The first-order chi connectivity index (χ1) is 35.9. The zero-order valence-corrected chi connectivity index (χ0v) is 47.5. The number of carbonyl (C=O) groups excluding carboxylic acids is 3. The number of aryl methyl sites for hydroxylation is 1. The number of nitrogens with zero attached hydrogens (tertiary/aromatic N) is 6. The second-order valence-corrected chi connectivity index (χ2v) is 22.9. The standard InChI is InChI=1S/C52H87N7O18/c1-16-36-52(11,68)43(62)31(7)58(14)23-26(2)21-50(9,67)45(29(5)41(30(6)47(65)74-36)76-40-22-51(10,69-15)44(63)32(8)72-40)77-48-42(34(57(12)13)19-28(4)71-48)75-39(61)18-17-38(60)70-25-35-33(55-56-53)20-37(73-35)59-24-27(3)46(64)54-49(59)66/h24,26,28-37,40-45,48,62-63,67-68H,16-23,25H2,1-15H3,(H,54,64,66)/t26-,28-,29+,30-,31-,32+,33?,34?,35+,36-,37+,40+,41+,42-,43-,44+,45-,48+,50-,51-,52-/m1/s1. The largest absolute Gasteiger partial charge is 0.463 e. The van der Waals surface area contributed by atoms with Crippen molar-refractivity contribution in [2.75, 3.05) is 41.4 Å². The van der Waals surface area contributed by atoms with Crippen molar-refractivity contribution in [2.45, 2.75) is 230 Å². The van der Waals surface area contributed by atoms with Gasteiger partial charge in [0.2, 0.25) is 0 Å². The van der Waals surface area contributed by atoms with Gasteiger partial charge in [-0.1, -0.05) is 25.9 Å². The number of azide groups is 1. The fourth-order valence-electron chi connectivity index (χ4n) is 11.5. The molecule has 77 heavy (non-hydrogen) atoms. The Hall–Kier alpha value is -4.08. The van der Waals surface area contributed by atoms with Crippen molar-refractivity contribution in [1.82, 2.24) is 19.4 Å². The van der Waals surface area contributed by atoms with Gasteiger partial charge in [0.15, 0.2) is 18.7 Å². The van der Waals surface area contributed by atoms with E-state index in [0.717, 1.165) is 4.57 Å². The van der Waals surface area contributed by atoms with Crippen molar-refractivity contribution in [1.29, 1.82) is 0 Å². The lowest BCUT2D eigenvalue weighted by Crippen LogP contribution is -2.61. The lowest BCUT2D eigenvalue weighted by Gasteiger charge is -2.49. The highest BCUT2D eigenvalue weighted by Gasteiger charge is 2.53. The van der Waals surface area contributed by atoms with Crippen LogP contribution in [0.4, 0.5) is 0 Å². The minimum atomic E-state index is -1.90. The second kappa shape index (κ2) is 26.5. The van der Waals surface area contributed by atoms with Gasteiger partial charge in [-0.3, -0.25) is 28.7 Å². The second-order valence-electron chi connectivity index (χ2n) is 22.9. The Balaban J connectivity index is 1.45. The van der Waals surface area contributed by atoms with Crippen LogP contribution in [0.1, 0.15) is 126 Å². The number of carbonyl (C=O) groups is 3. The average Bonchev–Trinajstić information content (AvgIpc) is 3.76. The fourth-order valence-corrected chi connectivity index (χ4v) is 11.5. The van der Waals surface area contributed by atoms with Crippen LogP contribution in [0.15, 0.2) is 20.9 Å². The van der Waals surface area contributed by atoms with E-state index in [1.54, 1.807) is 69.6 Å². The third kappa shape index (κ3) is 15.2. The Labute approximate surface area is 450 Å². The molecule has 0 aliphatic carbocycles. The van der Waals surface area contributed by atoms with Gasteiger partial charge in [0.25, 0.3) is 5.56 Å². The minimum Gasteiger partial charge on any atom is -0.463 e. The molecule has 25 nitrogen and oxygen atoms in total. The van der Waals surface area contributed by atoms with E-state index in [9.17, 15) is 49.9 Å². The van der Waals surface area contributed by atoms with E-state index in [0.29, 0.717) is 13.0 Å². The first-order valence-corrected chi connectivity index (χ1v) is 26.8. The topological polar surface area (TPSA) is 325 Å². The number of esters is 3. The highest BCUT2D eigenvalue weighted by molar-refractivity contribution is 5.77. The number of nitrogens with one attached hydrogen (secondary N) is 1. The molecule has 0 spiro atoms. The first-order valence-electron chi connectivity index (χ1n) is 26.8. The lowest BCUT2D eigenvalue weighted by atomic mass is 9.77. The third-order valence-electron chi connectivity index (χ3n) is 16.3.